The number of hydrogen-bond donors (Lipinski definition) is 1. The first kappa shape index (κ1) is 20.5. The third-order valence-electron chi connectivity index (χ3n) is 4.09. The standard InChI is InChI=1S/C18H26BrClN2O3/c1-13(2)9-15(22-5-7-24-8-6-22)11-21-18(23)12-25-17-4-3-14(19)10-16(17)20/h3-4,10,13,15H,5-9,11-12H2,1-2H3,(H,21,23). The molecule has 0 aliphatic carbocycles. The van der Waals surface area contributed by atoms with Crippen molar-refractivity contribution in [3.8, 4) is 5.75 Å². The van der Waals surface area contributed by atoms with Crippen LogP contribution >= 0.6 is 27.5 Å². The van der Waals surface area contributed by atoms with E-state index in [1.54, 1.807) is 12.1 Å². The van der Waals surface area contributed by atoms with E-state index >= 15 is 0 Å². The van der Waals surface area contributed by atoms with Gasteiger partial charge in [-0.3, -0.25) is 9.69 Å². The van der Waals surface area contributed by atoms with Gasteiger partial charge in [0.25, 0.3) is 5.91 Å². The van der Waals surface area contributed by atoms with E-state index in [-0.39, 0.29) is 12.5 Å². The number of rotatable bonds is 8. The average Bonchev–Trinajstić information content (AvgIpc) is 2.58. The molecular formula is C18H26BrClN2O3. The van der Waals surface area contributed by atoms with Gasteiger partial charge in [-0.05, 0) is 30.5 Å². The minimum atomic E-state index is -0.138. The smallest absolute Gasteiger partial charge is 0.257 e. The maximum Gasteiger partial charge on any atom is 0.257 e. The lowest BCUT2D eigenvalue weighted by molar-refractivity contribution is -0.123. The minimum Gasteiger partial charge on any atom is -0.482 e. The summed E-state index contributed by atoms with van der Waals surface area (Å²) < 4.78 is 11.8. The molecule has 1 heterocycles. The van der Waals surface area contributed by atoms with Crippen molar-refractivity contribution in [3.63, 3.8) is 0 Å². The summed E-state index contributed by atoms with van der Waals surface area (Å²) in [6.45, 7) is 8.33. The second-order valence-corrected chi connectivity index (χ2v) is 7.92. The predicted octanol–water partition coefficient (Wildman–Crippen LogP) is 3.34. The first-order valence-corrected chi connectivity index (χ1v) is 9.79. The maximum atomic E-state index is 12.1. The summed E-state index contributed by atoms with van der Waals surface area (Å²) in [5, 5.41) is 3.47. The van der Waals surface area contributed by atoms with Crippen LogP contribution in [0, 0.1) is 5.92 Å². The normalized spacial score (nSPS) is 16.7. The summed E-state index contributed by atoms with van der Waals surface area (Å²) in [6, 6.07) is 5.64. The number of hydrogen-bond acceptors (Lipinski definition) is 4. The first-order valence-electron chi connectivity index (χ1n) is 8.62. The molecule has 2 rings (SSSR count). The Morgan fingerprint density at radius 1 is 1.40 bits per heavy atom. The molecule has 5 nitrogen and oxygen atoms in total. The first-order chi connectivity index (χ1) is 12.0. The van der Waals surface area contributed by atoms with Crippen molar-refractivity contribution in [2.24, 2.45) is 5.92 Å². The number of nitrogens with zero attached hydrogens (tertiary/aromatic N) is 1. The molecule has 1 saturated heterocycles. The summed E-state index contributed by atoms with van der Waals surface area (Å²) in [4.78, 5) is 14.5. The van der Waals surface area contributed by atoms with Gasteiger partial charge >= 0.3 is 0 Å². The number of amides is 1. The maximum absolute atomic E-state index is 12.1. The lowest BCUT2D eigenvalue weighted by Crippen LogP contribution is -2.49. The van der Waals surface area contributed by atoms with Crippen LogP contribution in [-0.2, 0) is 9.53 Å². The van der Waals surface area contributed by atoms with E-state index in [0.717, 1.165) is 37.2 Å². The van der Waals surface area contributed by atoms with Crippen LogP contribution in [0.15, 0.2) is 22.7 Å². The lowest BCUT2D eigenvalue weighted by atomic mass is 10.0. The van der Waals surface area contributed by atoms with Crippen LogP contribution in [0.2, 0.25) is 5.02 Å². The zero-order valence-electron chi connectivity index (χ0n) is 14.8. The zero-order chi connectivity index (χ0) is 18.2. The molecule has 1 fully saturated rings. The van der Waals surface area contributed by atoms with Crippen molar-refractivity contribution in [1.29, 1.82) is 0 Å². The van der Waals surface area contributed by atoms with E-state index in [1.165, 1.54) is 0 Å². The number of carbonyl (C=O) groups is 1. The molecule has 0 aromatic heterocycles. The molecule has 7 heteroatoms. The Morgan fingerprint density at radius 3 is 2.76 bits per heavy atom. The SMILES string of the molecule is CC(C)CC(CNC(=O)COc1ccc(Br)cc1Cl)N1CCOCC1. The molecule has 1 amide bonds. The highest BCUT2D eigenvalue weighted by Crippen LogP contribution is 2.27. The number of carbonyl (C=O) groups excluding carboxylic acids is 1. The van der Waals surface area contributed by atoms with Gasteiger partial charge in [-0.1, -0.05) is 41.4 Å². The fraction of sp³-hybridized carbons (Fsp3) is 0.611. The topological polar surface area (TPSA) is 50.8 Å². The van der Waals surface area contributed by atoms with E-state index < -0.39 is 0 Å². The highest BCUT2D eigenvalue weighted by atomic mass is 79.9. The molecule has 0 bridgehead atoms. The van der Waals surface area contributed by atoms with Gasteiger partial charge < -0.3 is 14.8 Å². The fourth-order valence-corrected chi connectivity index (χ4v) is 3.59. The molecule has 1 aliphatic heterocycles. The molecule has 1 atom stereocenters. The Kier molecular flexibility index (Phi) is 8.49. The monoisotopic (exact) mass is 432 g/mol. The highest BCUT2D eigenvalue weighted by Gasteiger charge is 2.22. The summed E-state index contributed by atoms with van der Waals surface area (Å²) in [5.41, 5.74) is 0. The molecule has 1 unspecified atom stereocenters. The van der Waals surface area contributed by atoms with Crippen molar-refractivity contribution in [3.05, 3.63) is 27.7 Å². The van der Waals surface area contributed by atoms with Gasteiger partial charge in [0.05, 0.1) is 18.2 Å². The summed E-state index contributed by atoms with van der Waals surface area (Å²) in [5.74, 6) is 0.940. The Morgan fingerprint density at radius 2 is 2.12 bits per heavy atom. The van der Waals surface area contributed by atoms with Crippen molar-refractivity contribution < 1.29 is 14.3 Å². The van der Waals surface area contributed by atoms with Crippen molar-refractivity contribution >= 4 is 33.4 Å². The largest absolute Gasteiger partial charge is 0.482 e. The number of nitrogens with one attached hydrogen (secondary N) is 1. The van der Waals surface area contributed by atoms with E-state index in [1.807, 2.05) is 6.07 Å². The molecule has 0 spiro atoms. The van der Waals surface area contributed by atoms with E-state index in [4.69, 9.17) is 21.1 Å². The van der Waals surface area contributed by atoms with Crippen molar-refractivity contribution in [1.82, 2.24) is 10.2 Å². The molecule has 0 saturated carbocycles. The molecule has 140 valence electrons. The van der Waals surface area contributed by atoms with Crippen LogP contribution in [0.5, 0.6) is 5.75 Å². The Hall–Kier alpha value is -0.820. The Labute approximate surface area is 163 Å². The third-order valence-corrected chi connectivity index (χ3v) is 4.88. The van der Waals surface area contributed by atoms with Crippen LogP contribution in [0.3, 0.4) is 0 Å². The zero-order valence-corrected chi connectivity index (χ0v) is 17.1. The van der Waals surface area contributed by atoms with Crippen LogP contribution in [0.25, 0.3) is 0 Å². The van der Waals surface area contributed by atoms with E-state index in [0.29, 0.717) is 29.3 Å². The lowest BCUT2D eigenvalue weighted by Gasteiger charge is -2.35. The number of halogens is 2. The van der Waals surface area contributed by atoms with Crippen molar-refractivity contribution in [2.45, 2.75) is 26.3 Å². The average molecular weight is 434 g/mol. The number of benzene rings is 1. The Balaban J connectivity index is 1.81. The van der Waals surface area contributed by atoms with Gasteiger partial charge in [-0.2, -0.15) is 0 Å². The van der Waals surface area contributed by atoms with Gasteiger partial charge in [0.2, 0.25) is 0 Å². The van der Waals surface area contributed by atoms with Gasteiger partial charge in [0.1, 0.15) is 5.75 Å². The molecule has 1 aromatic carbocycles. The van der Waals surface area contributed by atoms with E-state index in [2.05, 4.69) is 40.0 Å². The third kappa shape index (κ3) is 7.13. The second kappa shape index (κ2) is 10.4. The van der Waals surface area contributed by atoms with Crippen molar-refractivity contribution in [2.75, 3.05) is 39.5 Å². The number of morpholine rings is 1. The fourth-order valence-electron chi connectivity index (χ4n) is 2.87. The Bertz CT molecular complexity index is 565. The molecule has 0 radical (unpaired) electrons. The highest BCUT2D eigenvalue weighted by molar-refractivity contribution is 9.10. The van der Waals surface area contributed by atoms with Gasteiger partial charge in [-0.25, -0.2) is 0 Å². The minimum absolute atomic E-state index is 0.0428. The van der Waals surface area contributed by atoms with E-state index in [9.17, 15) is 4.79 Å². The molecule has 25 heavy (non-hydrogen) atoms. The summed E-state index contributed by atoms with van der Waals surface area (Å²) in [7, 11) is 0. The summed E-state index contributed by atoms with van der Waals surface area (Å²) >= 11 is 9.44. The van der Waals surface area contributed by atoms with Gasteiger partial charge in [-0.15, -0.1) is 0 Å². The van der Waals surface area contributed by atoms with Gasteiger partial charge in [0.15, 0.2) is 6.61 Å². The van der Waals surface area contributed by atoms with Gasteiger partial charge in [0, 0.05) is 30.1 Å². The number of ether oxygens (including phenoxy) is 2. The molecule has 1 N–H and O–H groups in total. The quantitative estimate of drug-likeness (QED) is 0.683. The van der Waals surface area contributed by atoms with Crippen LogP contribution in [0.4, 0.5) is 0 Å². The predicted molar refractivity (Wildman–Crippen MR) is 103 cm³/mol. The van der Waals surface area contributed by atoms with Crippen LogP contribution in [0.1, 0.15) is 20.3 Å². The molecule has 1 aliphatic rings. The molecule has 1 aromatic rings. The van der Waals surface area contributed by atoms with Crippen LogP contribution in [-0.4, -0.2) is 56.3 Å². The summed E-state index contributed by atoms with van der Waals surface area (Å²) in [6.07, 6.45) is 1.04. The van der Waals surface area contributed by atoms with Crippen LogP contribution < -0.4 is 10.1 Å². The molecular weight excluding hydrogens is 408 g/mol. The second-order valence-electron chi connectivity index (χ2n) is 6.60.